The lowest BCUT2D eigenvalue weighted by atomic mass is 10.2. The quantitative estimate of drug-likeness (QED) is 0.213. The van der Waals surface area contributed by atoms with Gasteiger partial charge in [0.2, 0.25) is 0 Å². The molecule has 140 valence electrons. The lowest BCUT2D eigenvalue weighted by Crippen LogP contribution is -2.61. The van der Waals surface area contributed by atoms with Gasteiger partial charge < -0.3 is 14.8 Å². The third-order valence-electron chi connectivity index (χ3n) is 2.50. The maximum Gasteiger partial charge on any atom is 0.466 e. The van der Waals surface area contributed by atoms with Crippen LogP contribution in [0.1, 0.15) is 26.7 Å². The van der Waals surface area contributed by atoms with E-state index in [1.807, 2.05) is 5.32 Å². The van der Waals surface area contributed by atoms with Gasteiger partial charge in [0.15, 0.2) is 0 Å². The number of halogens is 5. The van der Waals surface area contributed by atoms with E-state index < -0.39 is 47.7 Å². The molecule has 0 aromatic heterocycles. The summed E-state index contributed by atoms with van der Waals surface area (Å²) >= 11 is 2.85. The topological polar surface area (TPSA) is 64.6 Å². The Morgan fingerprint density at radius 1 is 1.21 bits per heavy atom. The van der Waals surface area contributed by atoms with Crippen LogP contribution < -0.4 is 5.32 Å². The van der Waals surface area contributed by atoms with Gasteiger partial charge in [0, 0.05) is 18.5 Å². The summed E-state index contributed by atoms with van der Waals surface area (Å²) in [5, 5.41) is -1.76. The van der Waals surface area contributed by atoms with E-state index >= 15 is 0 Å². The minimum Gasteiger partial charge on any atom is -0.412 e. The zero-order valence-electron chi connectivity index (χ0n) is 13.0. The molecule has 0 aromatic rings. The molecule has 5 nitrogen and oxygen atoms in total. The highest BCUT2D eigenvalue weighted by molar-refractivity contribution is 7.81. The molecule has 0 saturated carbocycles. The third-order valence-corrected chi connectivity index (χ3v) is 2.72. The minimum atomic E-state index is -5.51. The lowest BCUT2D eigenvalue weighted by Gasteiger charge is -2.33. The van der Waals surface area contributed by atoms with Gasteiger partial charge in [-0.05, 0) is 13.3 Å². The second-order valence-electron chi connectivity index (χ2n) is 4.80. The predicted molar refractivity (Wildman–Crippen MR) is 77.5 cm³/mol. The maximum atomic E-state index is 13.4. The normalized spacial score (nSPS) is 14.7. The summed E-state index contributed by atoms with van der Waals surface area (Å²) in [6, 6.07) is 0. The number of alkyl halides is 5. The Balaban J connectivity index is 5.63. The Labute approximate surface area is 141 Å². The molecule has 0 heterocycles. The highest BCUT2D eigenvalue weighted by atomic mass is 32.1. The number of esters is 1. The summed E-state index contributed by atoms with van der Waals surface area (Å²) in [7, 11) is 0. The van der Waals surface area contributed by atoms with Crippen molar-refractivity contribution in [2.75, 3.05) is 13.2 Å². The fourth-order valence-electron chi connectivity index (χ4n) is 1.30. The van der Waals surface area contributed by atoms with E-state index in [0.717, 1.165) is 6.92 Å². The molecule has 0 saturated heterocycles. The van der Waals surface area contributed by atoms with E-state index in [2.05, 4.69) is 28.7 Å². The first-order valence-electron chi connectivity index (χ1n) is 6.75. The van der Waals surface area contributed by atoms with E-state index in [0.29, 0.717) is 0 Å². The molecule has 0 bridgehead atoms. The van der Waals surface area contributed by atoms with Crippen molar-refractivity contribution in [3.8, 4) is 0 Å². The van der Waals surface area contributed by atoms with Crippen LogP contribution in [0.4, 0.5) is 22.0 Å². The van der Waals surface area contributed by atoms with E-state index in [1.165, 1.54) is 0 Å². The molecule has 0 aliphatic rings. The molecular weight excluding hydrogens is 361 g/mol. The maximum absolute atomic E-state index is 13.4. The molecule has 0 radical (unpaired) electrons. The Hall–Kier alpha value is -1.36. The van der Waals surface area contributed by atoms with Gasteiger partial charge in [-0.1, -0.05) is 13.5 Å². The SMILES string of the molecule is C=C(C)C(=O)OC(OCCC(F)(F)S)(C(=O)NCCC)C(F)(F)F. The van der Waals surface area contributed by atoms with Crippen LogP contribution in [0.5, 0.6) is 0 Å². The number of hydrogen-bond acceptors (Lipinski definition) is 5. The molecule has 0 fully saturated rings. The van der Waals surface area contributed by atoms with Crippen LogP contribution in [-0.2, 0) is 19.1 Å². The van der Waals surface area contributed by atoms with Gasteiger partial charge in [-0.25, -0.2) is 4.79 Å². The van der Waals surface area contributed by atoms with Crippen molar-refractivity contribution < 1.29 is 41.0 Å². The summed E-state index contributed by atoms with van der Waals surface area (Å²) in [6.45, 7) is 4.31. The molecule has 11 heteroatoms. The predicted octanol–water partition coefficient (Wildman–Crippen LogP) is 2.82. The number of carbonyl (C=O) groups excluding carboxylic acids is 2. The molecular formula is C13H18F5NO4S. The van der Waals surface area contributed by atoms with Crippen LogP contribution in [-0.4, -0.2) is 42.2 Å². The molecule has 1 atom stereocenters. The molecule has 24 heavy (non-hydrogen) atoms. The van der Waals surface area contributed by atoms with Crippen LogP contribution in [0.25, 0.3) is 0 Å². The first kappa shape index (κ1) is 22.6. The Bertz CT molecular complexity index is 478. The number of carbonyl (C=O) groups is 2. The molecule has 0 aromatic carbocycles. The van der Waals surface area contributed by atoms with Crippen LogP contribution in [0, 0.1) is 0 Å². The van der Waals surface area contributed by atoms with Crippen molar-refractivity contribution in [1.29, 1.82) is 0 Å². The van der Waals surface area contributed by atoms with Crippen LogP contribution in [0.3, 0.4) is 0 Å². The molecule has 0 rings (SSSR count). The summed E-state index contributed by atoms with van der Waals surface area (Å²) in [5.41, 5.74) is -0.435. The third kappa shape index (κ3) is 6.63. The highest BCUT2D eigenvalue weighted by Gasteiger charge is 2.66. The Kier molecular flexibility index (Phi) is 8.16. The van der Waals surface area contributed by atoms with Gasteiger partial charge >= 0.3 is 23.8 Å². The van der Waals surface area contributed by atoms with Crippen molar-refractivity contribution in [3.63, 3.8) is 0 Å². The van der Waals surface area contributed by atoms with E-state index in [9.17, 15) is 31.5 Å². The standard InChI is InChI=1S/C13H18F5NO4S/c1-4-6-19-10(21)12(13(16,17)18,23-9(20)8(2)3)22-7-5-11(14,15)24/h24H,2,4-7H2,1,3H3,(H,19,21). The number of rotatable bonds is 9. The minimum absolute atomic E-state index is 0.173. The fourth-order valence-corrected chi connectivity index (χ4v) is 1.39. The van der Waals surface area contributed by atoms with E-state index in [1.54, 1.807) is 6.92 Å². The van der Waals surface area contributed by atoms with Gasteiger partial charge in [-0.15, -0.1) is 12.6 Å². The molecule has 1 N–H and O–H groups in total. The molecule has 0 aliphatic carbocycles. The Morgan fingerprint density at radius 2 is 1.75 bits per heavy atom. The molecule has 1 unspecified atom stereocenters. The first-order chi connectivity index (χ1) is 10.8. The summed E-state index contributed by atoms with van der Waals surface area (Å²) < 4.78 is 74.0. The molecule has 1 amide bonds. The second-order valence-corrected chi connectivity index (χ2v) is 5.46. The van der Waals surface area contributed by atoms with Crippen molar-refractivity contribution in [2.45, 2.75) is 43.9 Å². The smallest absolute Gasteiger partial charge is 0.412 e. The average molecular weight is 379 g/mol. The van der Waals surface area contributed by atoms with Crippen LogP contribution in [0.15, 0.2) is 12.2 Å². The molecule has 0 aliphatic heterocycles. The van der Waals surface area contributed by atoms with Crippen molar-refractivity contribution in [3.05, 3.63) is 12.2 Å². The van der Waals surface area contributed by atoms with Gasteiger partial charge in [0.1, 0.15) is 0 Å². The lowest BCUT2D eigenvalue weighted by molar-refractivity contribution is -0.348. The average Bonchev–Trinajstić information content (AvgIpc) is 2.40. The van der Waals surface area contributed by atoms with Gasteiger partial charge in [0.25, 0.3) is 5.25 Å². The summed E-state index contributed by atoms with van der Waals surface area (Å²) in [6.07, 6.45) is -6.47. The van der Waals surface area contributed by atoms with E-state index in [-0.39, 0.29) is 13.0 Å². The van der Waals surface area contributed by atoms with Gasteiger partial charge in [-0.2, -0.15) is 22.0 Å². The second kappa shape index (κ2) is 8.65. The number of thiol groups is 1. The van der Waals surface area contributed by atoms with Gasteiger partial charge in [0.05, 0.1) is 6.61 Å². The molecule has 0 spiro atoms. The zero-order chi connectivity index (χ0) is 19.2. The van der Waals surface area contributed by atoms with Crippen LogP contribution >= 0.6 is 12.6 Å². The fraction of sp³-hybridized carbons (Fsp3) is 0.692. The number of hydrogen-bond donors (Lipinski definition) is 2. The number of nitrogens with one attached hydrogen (secondary N) is 1. The van der Waals surface area contributed by atoms with Crippen molar-refractivity contribution in [1.82, 2.24) is 5.32 Å². The van der Waals surface area contributed by atoms with E-state index in [4.69, 9.17) is 0 Å². The van der Waals surface area contributed by atoms with Crippen molar-refractivity contribution in [2.24, 2.45) is 0 Å². The number of amides is 1. The highest BCUT2D eigenvalue weighted by Crippen LogP contribution is 2.37. The largest absolute Gasteiger partial charge is 0.466 e. The Morgan fingerprint density at radius 3 is 2.12 bits per heavy atom. The summed E-state index contributed by atoms with van der Waals surface area (Å²) in [5.74, 6) is -7.44. The summed E-state index contributed by atoms with van der Waals surface area (Å²) in [4.78, 5) is 23.4. The van der Waals surface area contributed by atoms with Gasteiger partial charge in [-0.3, -0.25) is 4.79 Å². The van der Waals surface area contributed by atoms with Crippen LogP contribution in [0.2, 0.25) is 0 Å². The zero-order valence-corrected chi connectivity index (χ0v) is 13.9. The number of ether oxygens (including phenoxy) is 2. The first-order valence-corrected chi connectivity index (χ1v) is 7.19. The monoisotopic (exact) mass is 379 g/mol. The van der Waals surface area contributed by atoms with Crippen molar-refractivity contribution >= 4 is 24.5 Å².